The highest BCUT2D eigenvalue weighted by Gasteiger charge is 2.15. The van der Waals surface area contributed by atoms with E-state index in [0.717, 1.165) is 5.56 Å². The van der Waals surface area contributed by atoms with E-state index >= 15 is 0 Å². The summed E-state index contributed by atoms with van der Waals surface area (Å²) < 4.78 is 10.4. The van der Waals surface area contributed by atoms with E-state index in [4.69, 9.17) is 14.7 Å². The minimum atomic E-state index is -0.446. The van der Waals surface area contributed by atoms with E-state index in [-0.39, 0.29) is 0 Å². The molecule has 0 amide bonds. The quantitative estimate of drug-likeness (QED) is 0.763. The van der Waals surface area contributed by atoms with Crippen LogP contribution in [0.1, 0.15) is 11.6 Å². The van der Waals surface area contributed by atoms with E-state index in [1.165, 1.54) is 0 Å². The lowest BCUT2D eigenvalue weighted by Crippen LogP contribution is -2.20. The molecule has 0 heterocycles. The standard InChI is InChI=1S/C13H16N2O2/c1-4-7-15-12(9-14)11-8-10(16-2)5-6-13(11)17-3/h4-6,8,12,15H,1,7H2,2-3H3. The van der Waals surface area contributed by atoms with Crippen LogP contribution in [0.2, 0.25) is 0 Å². The van der Waals surface area contributed by atoms with Crippen LogP contribution in [-0.2, 0) is 0 Å². The average molecular weight is 232 g/mol. The molecule has 1 rings (SSSR count). The van der Waals surface area contributed by atoms with Gasteiger partial charge in [0.2, 0.25) is 0 Å². The summed E-state index contributed by atoms with van der Waals surface area (Å²) in [7, 11) is 3.16. The highest BCUT2D eigenvalue weighted by atomic mass is 16.5. The van der Waals surface area contributed by atoms with Crippen molar-refractivity contribution in [3.8, 4) is 17.6 Å². The van der Waals surface area contributed by atoms with E-state index in [9.17, 15) is 0 Å². The first-order valence-electron chi connectivity index (χ1n) is 5.22. The largest absolute Gasteiger partial charge is 0.497 e. The predicted molar refractivity (Wildman–Crippen MR) is 66.1 cm³/mol. The molecule has 0 radical (unpaired) electrons. The Kier molecular flexibility index (Phi) is 5.05. The first kappa shape index (κ1) is 13.1. The number of rotatable bonds is 6. The second-order valence-electron chi connectivity index (χ2n) is 3.37. The van der Waals surface area contributed by atoms with Gasteiger partial charge in [0.05, 0.1) is 20.3 Å². The minimum absolute atomic E-state index is 0.446. The fraction of sp³-hybridized carbons (Fsp3) is 0.308. The van der Waals surface area contributed by atoms with E-state index in [2.05, 4.69) is 18.0 Å². The maximum Gasteiger partial charge on any atom is 0.125 e. The second-order valence-corrected chi connectivity index (χ2v) is 3.37. The van der Waals surface area contributed by atoms with Crippen LogP contribution in [0.5, 0.6) is 11.5 Å². The minimum Gasteiger partial charge on any atom is -0.497 e. The lowest BCUT2D eigenvalue weighted by Gasteiger charge is -2.15. The van der Waals surface area contributed by atoms with Crippen LogP contribution in [0, 0.1) is 11.3 Å². The predicted octanol–water partition coefficient (Wildman–Crippen LogP) is 2.04. The van der Waals surface area contributed by atoms with Crippen molar-refractivity contribution < 1.29 is 9.47 Å². The third-order valence-electron chi connectivity index (χ3n) is 2.34. The first-order valence-corrected chi connectivity index (χ1v) is 5.22. The summed E-state index contributed by atoms with van der Waals surface area (Å²) in [5.41, 5.74) is 0.760. The Bertz CT molecular complexity index is 424. The molecule has 0 saturated heterocycles. The van der Waals surface area contributed by atoms with Gasteiger partial charge >= 0.3 is 0 Å². The van der Waals surface area contributed by atoms with Crippen LogP contribution in [0.3, 0.4) is 0 Å². The molecule has 0 aliphatic heterocycles. The highest BCUT2D eigenvalue weighted by Crippen LogP contribution is 2.28. The molecule has 0 aliphatic carbocycles. The molecule has 0 saturated carbocycles. The van der Waals surface area contributed by atoms with Crippen LogP contribution < -0.4 is 14.8 Å². The number of nitriles is 1. The van der Waals surface area contributed by atoms with E-state index in [1.807, 2.05) is 0 Å². The monoisotopic (exact) mass is 232 g/mol. The van der Waals surface area contributed by atoms with Crippen LogP contribution in [0.25, 0.3) is 0 Å². The molecule has 0 spiro atoms. The van der Waals surface area contributed by atoms with Crippen molar-refractivity contribution in [1.82, 2.24) is 5.32 Å². The number of benzene rings is 1. The third-order valence-corrected chi connectivity index (χ3v) is 2.34. The van der Waals surface area contributed by atoms with Crippen molar-refractivity contribution in [3.05, 3.63) is 36.4 Å². The van der Waals surface area contributed by atoms with Gasteiger partial charge in [-0.05, 0) is 18.2 Å². The molecule has 0 aliphatic rings. The maximum absolute atomic E-state index is 9.15. The van der Waals surface area contributed by atoms with Crippen LogP contribution in [0.15, 0.2) is 30.9 Å². The smallest absolute Gasteiger partial charge is 0.125 e. The number of methoxy groups -OCH3 is 2. The van der Waals surface area contributed by atoms with Gasteiger partial charge in [-0.25, -0.2) is 0 Å². The zero-order valence-corrected chi connectivity index (χ0v) is 10.1. The topological polar surface area (TPSA) is 54.3 Å². The number of hydrogen-bond acceptors (Lipinski definition) is 4. The molecule has 1 atom stereocenters. The van der Waals surface area contributed by atoms with Gasteiger partial charge in [0.1, 0.15) is 17.5 Å². The molecule has 0 fully saturated rings. The maximum atomic E-state index is 9.15. The molecular weight excluding hydrogens is 216 g/mol. The Labute approximate surface area is 101 Å². The highest BCUT2D eigenvalue weighted by molar-refractivity contribution is 5.44. The number of hydrogen-bond donors (Lipinski definition) is 1. The fourth-order valence-corrected chi connectivity index (χ4v) is 1.49. The molecule has 1 unspecified atom stereocenters. The molecule has 4 heteroatoms. The van der Waals surface area contributed by atoms with Gasteiger partial charge in [-0.15, -0.1) is 6.58 Å². The van der Waals surface area contributed by atoms with Gasteiger partial charge in [-0.1, -0.05) is 6.08 Å². The Morgan fingerprint density at radius 1 is 1.47 bits per heavy atom. The van der Waals surface area contributed by atoms with Gasteiger partial charge < -0.3 is 9.47 Å². The average Bonchev–Trinajstić information content (AvgIpc) is 2.39. The van der Waals surface area contributed by atoms with Crippen LogP contribution in [0.4, 0.5) is 0 Å². The third kappa shape index (κ3) is 3.23. The van der Waals surface area contributed by atoms with Gasteiger partial charge in [0, 0.05) is 12.1 Å². The van der Waals surface area contributed by atoms with Gasteiger partial charge in [-0.2, -0.15) is 5.26 Å². The van der Waals surface area contributed by atoms with Crippen molar-refractivity contribution >= 4 is 0 Å². The van der Waals surface area contributed by atoms with Crippen LogP contribution >= 0.6 is 0 Å². The van der Waals surface area contributed by atoms with Gasteiger partial charge in [0.15, 0.2) is 0 Å². The van der Waals surface area contributed by atoms with Crippen molar-refractivity contribution in [2.75, 3.05) is 20.8 Å². The molecule has 1 aromatic rings. The van der Waals surface area contributed by atoms with E-state index in [1.54, 1.807) is 38.5 Å². The summed E-state index contributed by atoms with van der Waals surface area (Å²) in [5.74, 6) is 1.36. The van der Waals surface area contributed by atoms with Crippen LogP contribution in [-0.4, -0.2) is 20.8 Å². The Balaban J connectivity index is 3.06. The molecule has 17 heavy (non-hydrogen) atoms. The summed E-state index contributed by atoms with van der Waals surface area (Å²) in [4.78, 5) is 0. The van der Waals surface area contributed by atoms with E-state index in [0.29, 0.717) is 18.0 Å². The zero-order chi connectivity index (χ0) is 12.7. The van der Waals surface area contributed by atoms with Crippen molar-refractivity contribution in [1.29, 1.82) is 5.26 Å². The van der Waals surface area contributed by atoms with Crippen molar-refractivity contribution in [2.45, 2.75) is 6.04 Å². The van der Waals surface area contributed by atoms with Crippen molar-refractivity contribution in [3.63, 3.8) is 0 Å². The molecule has 4 nitrogen and oxygen atoms in total. The molecule has 90 valence electrons. The lowest BCUT2D eigenvalue weighted by atomic mass is 10.1. The molecule has 1 N–H and O–H groups in total. The number of ether oxygens (including phenoxy) is 2. The van der Waals surface area contributed by atoms with Gasteiger partial charge in [0.25, 0.3) is 0 Å². The Morgan fingerprint density at radius 3 is 2.76 bits per heavy atom. The summed E-state index contributed by atoms with van der Waals surface area (Å²) in [5, 5.41) is 12.2. The molecule has 0 aromatic heterocycles. The zero-order valence-electron chi connectivity index (χ0n) is 10.1. The lowest BCUT2D eigenvalue weighted by molar-refractivity contribution is 0.395. The number of nitrogens with zero attached hydrogens (tertiary/aromatic N) is 1. The number of nitrogens with one attached hydrogen (secondary N) is 1. The SMILES string of the molecule is C=CCNC(C#N)c1cc(OC)ccc1OC. The summed E-state index contributed by atoms with van der Waals surface area (Å²) in [6.07, 6.45) is 1.71. The molecular formula is C13H16N2O2. The second kappa shape index (κ2) is 6.56. The molecule has 0 bridgehead atoms. The first-order chi connectivity index (χ1) is 8.26. The Morgan fingerprint density at radius 2 is 2.24 bits per heavy atom. The molecule has 1 aromatic carbocycles. The fourth-order valence-electron chi connectivity index (χ4n) is 1.49. The summed E-state index contributed by atoms with van der Waals surface area (Å²) in [6, 6.07) is 7.11. The normalized spacial score (nSPS) is 11.4. The summed E-state index contributed by atoms with van der Waals surface area (Å²) >= 11 is 0. The van der Waals surface area contributed by atoms with Gasteiger partial charge in [-0.3, -0.25) is 5.32 Å². The Hall–Kier alpha value is -1.99. The van der Waals surface area contributed by atoms with Crippen molar-refractivity contribution in [2.24, 2.45) is 0 Å². The summed E-state index contributed by atoms with van der Waals surface area (Å²) in [6.45, 7) is 4.16. The van der Waals surface area contributed by atoms with E-state index < -0.39 is 6.04 Å².